The van der Waals surface area contributed by atoms with Gasteiger partial charge in [-0.2, -0.15) is 4.98 Å². The highest BCUT2D eigenvalue weighted by Crippen LogP contribution is 2.26. The smallest absolute Gasteiger partial charge is 0.326 e. The average molecular weight is 368 g/mol. The Hall–Kier alpha value is -3.42. The van der Waals surface area contributed by atoms with E-state index in [4.69, 9.17) is 19.9 Å². The monoisotopic (exact) mass is 368 g/mol. The van der Waals surface area contributed by atoms with Gasteiger partial charge in [0, 0.05) is 12.1 Å². The molecule has 8 heteroatoms. The van der Waals surface area contributed by atoms with Crippen LogP contribution in [0.15, 0.2) is 41.2 Å². The van der Waals surface area contributed by atoms with Crippen molar-refractivity contribution in [1.29, 1.82) is 0 Å². The van der Waals surface area contributed by atoms with Crippen LogP contribution in [-0.2, 0) is 6.54 Å². The lowest BCUT2D eigenvalue weighted by Gasteiger charge is -2.11. The Kier molecular flexibility index (Phi) is 4.45. The second-order valence-electron chi connectivity index (χ2n) is 6.19. The number of anilines is 1. The molecule has 1 aromatic carbocycles. The molecular weight excluding hydrogens is 348 g/mol. The zero-order chi connectivity index (χ0) is 18.8. The maximum Gasteiger partial charge on any atom is 0.326 e. The van der Waals surface area contributed by atoms with Gasteiger partial charge in [-0.15, -0.1) is 0 Å². The molecule has 3 aromatic rings. The quantitative estimate of drug-likeness (QED) is 0.637. The third-order valence-electron chi connectivity index (χ3n) is 4.33. The number of hydrogen-bond donors (Lipinski definition) is 2. The number of aromatic amines is 1. The number of nitrogen functional groups attached to an aromatic ring is 1. The van der Waals surface area contributed by atoms with E-state index in [2.05, 4.69) is 9.97 Å². The summed E-state index contributed by atoms with van der Waals surface area (Å²) >= 11 is 0. The third kappa shape index (κ3) is 3.46. The summed E-state index contributed by atoms with van der Waals surface area (Å²) in [7, 11) is 1.60. The van der Waals surface area contributed by atoms with Crippen LogP contribution >= 0.6 is 0 Å². The fourth-order valence-electron chi connectivity index (χ4n) is 3.05. The van der Waals surface area contributed by atoms with E-state index in [0.29, 0.717) is 54.6 Å². The Morgan fingerprint density at radius 2 is 2.11 bits per heavy atom. The molecule has 0 radical (unpaired) electrons. The minimum absolute atomic E-state index is 0.230. The van der Waals surface area contributed by atoms with Crippen molar-refractivity contribution in [3.8, 4) is 17.4 Å². The standard InChI is InChI=1S/C19H20N4O4/c1-25-13-7-12-8-14(9-13)26-5-3-2-4-6-27-16-10-15-17(18(20)21-16)22-19(24)23(15)11-12/h2-3,7-10H,4-6,11H2,1H3,(H2,20,21)(H,22,24). The minimum Gasteiger partial charge on any atom is -0.497 e. The number of H-pyrrole nitrogens is 1. The average Bonchev–Trinajstić information content (AvgIpc) is 2.96. The molecule has 0 amide bonds. The van der Waals surface area contributed by atoms with E-state index in [0.717, 1.165) is 5.56 Å². The number of nitrogens with two attached hydrogens (primary N) is 1. The number of rotatable bonds is 1. The number of nitrogens with zero attached hydrogens (tertiary/aromatic N) is 2. The number of ether oxygens (including phenoxy) is 3. The van der Waals surface area contributed by atoms with E-state index in [1.807, 2.05) is 30.4 Å². The van der Waals surface area contributed by atoms with Crippen LogP contribution in [-0.4, -0.2) is 34.9 Å². The fraction of sp³-hybridized carbons (Fsp3) is 0.263. The highest BCUT2D eigenvalue weighted by molar-refractivity contribution is 5.85. The number of imidazole rings is 1. The molecule has 0 aliphatic carbocycles. The van der Waals surface area contributed by atoms with Crippen molar-refractivity contribution in [1.82, 2.24) is 14.5 Å². The van der Waals surface area contributed by atoms with Crippen molar-refractivity contribution >= 4 is 16.9 Å². The first kappa shape index (κ1) is 17.0. The Morgan fingerprint density at radius 1 is 1.22 bits per heavy atom. The van der Waals surface area contributed by atoms with Crippen LogP contribution in [0.2, 0.25) is 0 Å². The summed E-state index contributed by atoms with van der Waals surface area (Å²) in [4.78, 5) is 19.5. The number of fused-ring (bicyclic) bond motifs is 3. The van der Waals surface area contributed by atoms with E-state index in [9.17, 15) is 4.79 Å². The molecule has 2 aromatic heterocycles. The van der Waals surface area contributed by atoms with E-state index >= 15 is 0 Å². The summed E-state index contributed by atoms with van der Waals surface area (Å²) in [6.45, 7) is 1.20. The summed E-state index contributed by atoms with van der Waals surface area (Å²) in [5.41, 5.74) is 7.74. The second kappa shape index (κ2) is 7.06. The molecule has 0 atom stereocenters. The molecule has 0 fully saturated rings. The molecule has 1 aliphatic heterocycles. The van der Waals surface area contributed by atoms with E-state index < -0.39 is 0 Å². The molecule has 0 unspecified atom stereocenters. The maximum atomic E-state index is 12.5. The number of aromatic nitrogens is 3. The predicted octanol–water partition coefficient (Wildman–Crippen LogP) is 2.08. The van der Waals surface area contributed by atoms with E-state index in [-0.39, 0.29) is 11.5 Å². The summed E-state index contributed by atoms with van der Waals surface area (Å²) < 4.78 is 18.4. The molecule has 3 heterocycles. The summed E-state index contributed by atoms with van der Waals surface area (Å²) in [6.07, 6.45) is 4.61. The van der Waals surface area contributed by atoms with Gasteiger partial charge in [0.1, 0.15) is 23.6 Å². The maximum absolute atomic E-state index is 12.5. The first-order valence-electron chi connectivity index (χ1n) is 8.61. The van der Waals surface area contributed by atoms with E-state index in [1.165, 1.54) is 0 Å². The molecule has 0 saturated carbocycles. The Balaban J connectivity index is 1.86. The molecular formula is C19H20N4O4. The van der Waals surface area contributed by atoms with Crippen LogP contribution in [0.3, 0.4) is 0 Å². The van der Waals surface area contributed by atoms with Gasteiger partial charge in [-0.05, 0) is 24.1 Å². The number of benzene rings is 1. The molecule has 3 N–H and O–H groups in total. The lowest BCUT2D eigenvalue weighted by Crippen LogP contribution is -2.17. The van der Waals surface area contributed by atoms with Crippen molar-refractivity contribution in [2.45, 2.75) is 13.0 Å². The number of methoxy groups -OCH3 is 1. The Bertz CT molecular complexity index is 1070. The molecule has 140 valence electrons. The van der Waals surface area contributed by atoms with Crippen LogP contribution in [0, 0.1) is 0 Å². The Labute approximate surface area is 155 Å². The van der Waals surface area contributed by atoms with Crippen molar-refractivity contribution in [3.05, 3.63) is 52.5 Å². The van der Waals surface area contributed by atoms with Crippen molar-refractivity contribution in [2.75, 3.05) is 26.1 Å². The van der Waals surface area contributed by atoms with Crippen LogP contribution in [0.1, 0.15) is 12.0 Å². The zero-order valence-electron chi connectivity index (χ0n) is 14.9. The highest BCUT2D eigenvalue weighted by atomic mass is 16.5. The largest absolute Gasteiger partial charge is 0.497 e. The summed E-state index contributed by atoms with van der Waals surface area (Å²) in [5.74, 6) is 1.95. The van der Waals surface area contributed by atoms with Gasteiger partial charge in [0.15, 0.2) is 5.82 Å². The first-order valence-corrected chi connectivity index (χ1v) is 8.61. The topological polar surface area (TPSA) is 104 Å². The minimum atomic E-state index is -0.271. The second-order valence-corrected chi connectivity index (χ2v) is 6.19. The fourth-order valence-corrected chi connectivity index (χ4v) is 3.05. The molecule has 8 nitrogen and oxygen atoms in total. The van der Waals surface area contributed by atoms with Crippen LogP contribution in [0.25, 0.3) is 11.0 Å². The van der Waals surface area contributed by atoms with Gasteiger partial charge in [-0.25, -0.2) is 4.79 Å². The highest BCUT2D eigenvalue weighted by Gasteiger charge is 2.14. The molecule has 1 aliphatic rings. The third-order valence-corrected chi connectivity index (χ3v) is 4.33. The van der Waals surface area contributed by atoms with Gasteiger partial charge in [0.25, 0.3) is 0 Å². The molecule has 4 bridgehead atoms. The summed E-state index contributed by atoms with van der Waals surface area (Å²) in [6, 6.07) is 7.30. The molecule has 0 spiro atoms. The number of nitrogens with one attached hydrogen (secondary N) is 1. The van der Waals surface area contributed by atoms with Gasteiger partial charge in [-0.3, -0.25) is 4.57 Å². The van der Waals surface area contributed by atoms with Crippen LogP contribution < -0.4 is 25.6 Å². The van der Waals surface area contributed by atoms with Gasteiger partial charge < -0.3 is 24.9 Å². The van der Waals surface area contributed by atoms with Gasteiger partial charge >= 0.3 is 5.69 Å². The van der Waals surface area contributed by atoms with Crippen molar-refractivity contribution < 1.29 is 14.2 Å². The van der Waals surface area contributed by atoms with E-state index in [1.54, 1.807) is 17.7 Å². The normalized spacial score (nSPS) is 14.3. The van der Waals surface area contributed by atoms with Gasteiger partial charge in [-0.1, -0.05) is 12.2 Å². The first-order chi connectivity index (χ1) is 13.1. The van der Waals surface area contributed by atoms with Crippen LogP contribution in [0.4, 0.5) is 5.82 Å². The predicted molar refractivity (Wildman–Crippen MR) is 102 cm³/mol. The van der Waals surface area contributed by atoms with Gasteiger partial charge in [0.05, 0.1) is 25.8 Å². The lowest BCUT2D eigenvalue weighted by atomic mass is 10.2. The Morgan fingerprint density at radius 3 is 2.96 bits per heavy atom. The molecule has 4 rings (SSSR count). The summed E-state index contributed by atoms with van der Waals surface area (Å²) in [5, 5.41) is 0. The SMILES string of the molecule is COc1cc2cc(c1)OCC=CCCOc1cc3c([nH]c(=O)n3C2)c(N)n1. The van der Waals surface area contributed by atoms with Crippen LogP contribution in [0.5, 0.6) is 17.4 Å². The lowest BCUT2D eigenvalue weighted by molar-refractivity contribution is 0.312. The molecule has 0 saturated heterocycles. The van der Waals surface area contributed by atoms with Gasteiger partial charge in [0.2, 0.25) is 5.88 Å². The zero-order valence-corrected chi connectivity index (χ0v) is 14.9. The number of pyridine rings is 1. The molecule has 27 heavy (non-hydrogen) atoms. The van der Waals surface area contributed by atoms with Crippen molar-refractivity contribution in [2.24, 2.45) is 0 Å². The van der Waals surface area contributed by atoms with Crippen molar-refractivity contribution in [3.63, 3.8) is 0 Å². The number of hydrogen-bond acceptors (Lipinski definition) is 6.